The van der Waals surface area contributed by atoms with Gasteiger partial charge in [0, 0.05) is 66.3 Å². The van der Waals surface area contributed by atoms with Gasteiger partial charge in [-0.25, -0.2) is 9.97 Å². The molecule has 2 aromatic heterocycles. The van der Waals surface area contributed by atoms with Gasteiger partial charge in [-0.1, -0.05) is 24.3 Å². The number of aryl methyl sites for hydroxylation is 1. The molecule has 35 heavy (non-hydrogen) atoms. The van der Waals surface area contributed by atoms with E-state index in [1.165, 1.54) is 29.4 Å². The number of rotatable bonds is 6. The van der Waals surface area contributed by atoms with Gasteiger partial charge in [0.15, 0.2) is 0 Å². The Morgan fingerprint density at radius 1 is 1.06 bits per heavy atom. The zero-order valence-corrected chi connectivity index (χ0v) is 20.8. The first-order valence-corrected chi connectivity index (χ1v) is 12.8. The molecule has 4 aromatic rings. The highest BCUT2D eigenvalue weighted by atomic mass is 15.2. The van der Waals surface area contributed by atoms with Crippen LogP contribution < -0.4 is 10.6 Å². The molecule has 2 aromatic carbocycles. The second kappa shape index (κ2) is 9.10. The number of nitrogens with zero attached hydrogens (tertiary/aromatic N) is 3. The van der Waals surface area contributed by atoms with E-state index in [-0.39, 0.29) is 0 Å². The molecule has 6 nitrogen and oxygen atoms in total. The maximum Gasteiger partial charge on any atom is 0.227 e. The second-order valence-corrected chi connectivity index (χ2v) is 10.5. The van der Waals surface area contributed by atoms with Gasteiger partial charge in [0.2, 0.25) is 5.95 Å². The lowest BCUT2D eigenvalue weighted by molar-refractivity contribution is 0.166. The minimum Gasteiger partial charge on any atom is -0.360 e. The number of nitrogens with one attached hydrogen (secondary N) is 3. The second-order valence-electron chi connectivity index (χ2n) is 10.5. The summed E-state index contributed by atoms with van der Waals surface area (Å²) in [5.41, 5.74) is 8.13. The molecule has 0 spiro atoms. The minimum absolute atomic E-state index is 0.520. The smallest absolute Gasteiger partial charge is 0.227 e. The lowest BCUT2D eigenvalue weighted by Crippen LogP contribution is -2.53. The molecule has 1 aliphatic carbocycles. The van der Waals surface area contributed by atoms with E-state index in [1.54, 1.807) is 0 Å². The van der Waals surface area contributed by atoms with Crippen LogP contribution in [-0.2, 0) is 6.54 Å². The third kappa shape index (κ3) is 4.81. The maximum absolute atomic E-state index is 4.95. The van der Waals surface area contributed by atoms with Crippen molar-refractivity contribution in [2.75, 3.05) is 18.4 Å². The van der Waals surface area contributed by atoms with Crippen molar-refractivity contribution in [3.05, 3.63) is 71.5 Å². The van der Waals surface area contributed by atoms with Crippen molar-refractivity contribution >= 4 is 22.5 Å². The molecule has 0 unspecified atom stereocenters. The van der Waals surface area contributed by atoms with E-state index in [4.69, 9.17) is 4.98 Å². The maximum atomic E-state index is 4.95. The van der Waals surface area contributed by atoms with Crippen molar-refractivity contribution < 1.29 is 0 Å². The summed E-state index contributed by atoms with van der Waals surface area (Å²) >= 11 is 0. The van der Waals surface area contributed by atoms with E-state index in [0.29, 0.717) is 23.9 Å². The highest BCUT2D eigenvalue weighted by Crippen LogP contribution is 2.41. The molecule has 180 valence electrons. The molecule has 3 N–H and O–H groups in total. The van der Waals surface area contributed by atoms with Crippen molar-refractivity contribution in [3.63, 3.8) is 0 Å². The van der Waals surface area contributed by atoms with Crippen molar-refractivity contribution in [1.29, 1.82) is 0 Å². The standard InChI is InChI=1S/C29H34N6/c1-18-13-31-29(34-28(18)26-14-30-27-7-5-4-6-25(26)27)33-24-11-21(10-23(12-24)22-8-9-22)17-35-15-19(2)32-20(3)16-35/h4-7,10-14,19-20,22,30,32H,8-9,15-17H2,1-3H3,(H,31,33,34)/t19-,20+. The van der Waals surface area contributed by atoms with Crippen LogP contribution in [0.15, 0.2) is 54.9 Å². The van der Waals surface area contributed by atoms with Gasteiger partial charge in [0.25, 0.3) is 0 Å². The van der Waals surface area contributed by atoms with Crippen molar-refractivity contribution in [2.45, 2.75) is 58.2 Å². The molecule has 1 saturated heterocycles. The molecule has 6 rings (SSSR count). The van der Waals surface area contributed by atoms with Crippen LogP contribution in [-0.4, -0.2) is 45.0 Å². The number of aromatic amines is 1. The fraction of sp³-hybridized carbons (Fsp3) is 0.379. The summed E-state index contributed by atoms with van der Waals surface area (Å²) in [7, 11) is 0. The molecular formula is C29H34N6. The Morgan fingerprint density at radius 3 is 2.66 bits per heavy atom. The molecule has 2 fully saturated rings. The van der Waals surface area contributed by atoms with E-state index >= 15 is 0 Å². The molecule has 3 heterocycles. The van der Waals surface area contributed by atoms with E-state index in [2.05, 4.69) is 88.7 Å². The van der Waals surface area contributed by atoms with Gasteiger partial charge in [-0.05, 0) is 74.4 Å². The van der Waals surface area contributed by atoms with Crippen LogP contribution in [0.3, 0.4) is 0 Å². The normalized spacial score (nSPS) is 20.9. The van der Waals surface area contributed by atoms with Crippen LogP contribution in [0, 0.1) is 6.92 Å². The highest BCUT2D eigenvalue weighted by Gasteiger charge is 2.26. The first-order chi connectivity index (χ1) is 17.0. The third-order valence-electron chi connectivity index (χ3n) is 7.18. The number of piperazine rings is 1. The molecule has 6 heteroatoms. The Kier molecular flexibility index (Phi) is 5.78. The Labute approximate surface area is 207 Å². The molecule has 1 aliphatic heterocycles. The average Bonchev–Trinajstić information content (AvgIpc) is 3.59. The number of aromatic nitrogens is 3. The van der Waals surface area contributed by atoms with Crippen LogP contribution in [0.2, 0.25) is 0 Å². The minimum atomic E-state index is 0.520. The summed E-state index contributed by atoms with van der Waals surface area (Å²) < 4.78 is 0. The van der Waals surface area contributed by atoms with Crippen LogP contribution in [0.1, 0.15) is 49.3 Å². The lowest BCUT2D eigenvalue weighted by Gasteiger charge is -2.36. The number of para-hydroxylation sites is 1. The zero-order chi connectivity index (χ0) is 23.9. The van der Waals surface area contributed by atoms with Crippen LogP contribution >= 0.6 is 0 Å². The average molecular weight is 467 g/mol. The van der Waals surface area contributed by atoms with Crippen LogP contribution in [0.4, 0.5) is 11.6 Å². The SMILES string of the molecule is Cc1cnc(Nc2cc(CN3C[C@@H](C)N[C@@H](C)C3)cc(C3CC3)c2)nc1-c1c[nH]c2ccccc12. The van der Waals surface area contributed by atoms with Gasteiger partial charge in [-0.15, -0.1) is 0 Å². The number of hydrogen-bond acceptors (Lipinski definition) is 5. The van der Waals surface area contributed by atoms with Gasteiger partial charge in [0.05, 0.1) is 5.69 Å². The summed E-state index contributed by atoms with van der Waals surface area (Å²) in [5.74, 6) is 1.33. The van der Waals surface area contributed by atoms with Crippen LogP contribution in [0.5, 0.6) is 0 Å². The molecular weight excluding hydrogens is 432 g/mol. The Morgan fingerprint density at radius 2 is 1.86 bits per heavy atom. The predicted molar refractivity (Wildman–Crippen MR) is 143 cm³/mol. The summed E-state index contributed by atoms with van der Waals surface area (Å²) in [5, 5.41) is 8.35. The summed E-state index contributed by atoms with van der Waals surface area (Å²) in [6.07, 6.45) is 6.54. The zero-order valence-electron chi connectivity index (χ0n) is 20.8. The lowest BCUT2D eigenvalue weighted by atomic mass is 10.0. The molecule has 0 bridgehead atoms. The van der Waals surface area contributed by atoms with E-state index in [9.17, 15) is 0 Å². The van der Waals surface area contributed by atoms with Gasteiger partial charge >= 0.3 is 0 Å². The van der Waals surface area contributed by atoms with Gasteiger partial charge in [-0.2, -0.15) is 0 Å². The Hall–Kier alpha value is -3.22. The largest absolute Gasteiger partial charge is 0.360 e. The summed E-state index contributed by atoms with van der Waals surface area (Å²) in [6, 6.07) is 16.4. The number of hydrogen-bond donors (Lipinski definition) is 3. The Bertz CT molecular complexity index is 1340. The number of benzene rings is 2. The number of H-pyrrole nitrogens is 1. The van der Waals surface area contributed by atoms with Gasteiger partial charge in [0.1, 0.15) is 0 Å². The third-order valence-corrected chi connectivity index (χ3v) is 7.18. The van der Waals surface area contributed by atoms with Crippen molar-refractivity contribution in [2.24, 2.45) is 0 Å². The van der Waals surface area contributed by atoms with Crippen LogP contribution in [0.25, 0.3) is 22.2 Å². The molecule has 2 aliphatic rings. The topological polar surface area (TPSA) is 68.9 Å². The predicted octanol–water partition coefficient (Wildman–Crippen LogP) is 5.74. The fourth-order valence-electron chi connectivity index (χ4n) is 5.53. The number of anilines is 2. The van der Waals surface area contributed by atoms with E-state index in [0.717, 1.165) is 47.7 Å². The quantitative estimate of drug-likeness (QED) is 0.338. The fourth-order valence-corrected chi connectivity index (χ4v) is 5.53. The van der Waals surface area contributed by atoms with Crippen molar-refractivity contribution in [3.8, 4) is 11.3 Å². The molecule has 2 atom stereocenters. The first-order valence-electron chi connectivity index (χ1n) is 12.8. The Balaban J connectivity index is 1.29. The molecule has 0 radical (unpaired) electrons. The molecule has 0 amide bonds. The van der Waals surface area contributed by atoms with Crippen molar-refractivity contribution in [1.82, 2.24) is 25.2 Å². The van der Waals surface area contributed by atoms with Gasteiger partial charge < -0.3 is 15.6 Å². The summed E-state index contributed by atoms with van der Waals surface area (Å²) in [4.78, 5) is 15.5. The monoisotopic (exact) mass is 466 g/mol. The molecule has 1 saturated carbocycles. The first kappa shape index (κ1) is 22.3. The highest BCUT2D eigenvalue weighted by molar-refractivity contribution is 5.95. The van der Waals surface area contributed by atoms with E-state index < -0.39 is 0 Å². The van der Waals surface area contributed by atoms with Gasteiger partial charge in [-0.3, -0.25) is 4.90 Å². The van der Waals surface area contributed by atoms with E-state index in [1.807, 2.05) is 12.4 Å². The number of fused-ring (bicyclic) bond motifs is 1. The summed E-state index contributed by atoms with van der Waals surface area (Å²) in [6.45, 7) is 9.75.